The van der Waals surface area contributed by atoms with E-state index in [1.165, 1.54) is 18.3 Å². The molecule has 27 heavy (non-hydrogen) atoms. The zero-order chi connectivity index (χ0) is 18.8. The predicted molar refractivity (Wildman–Crippen MR) is 97.3 cm³/mol. The Hall–Kier alpha value is -3.35. The molecule has 4 rings (SSSR count). The lowest BCUT2D eigenvalue weighted by Crippen LogP contribution is -2.41. The lowest BCUT2D eigenvalue weighted by atomic mass is 10.1. The number of carbonyl (C=O) groups is 1. The van der Waals surface area contributed by atoms with Crippen LogP contribution in [0.15, 0.2) is 54.7 Å². The minimum Gasteiger partial charge on any atom is -0.486 e. The van der Waals surface area contributed by atoms with Crippen LogP contribution in [0.5, 0.6) is 11.5 Å². The molecule has 138 valence electrons. The molecule has 0 bridgehead atoms. The lowest BCUT2D eigenvalue weighted by Gasteiger charge is -2.29. The number of amides is 1. The first kappa shape index (κ1) is 17.1. The minimum absolute atomic E-state index is 0.203. The second-order valence-electron chi connectivity index (χ2n) is 6.35. The molecule has 0 radical (unpaired) electrons. The second kappa shape index (κ2) is 7.11. The first-order valence-corrected chi connectivity index (χ1v) is 8.55. The van der Waals surface area contributed by atoms with Crippen molar-refractivity contribution in [3.05, 3.63) is 66.1 Å². The van der Waals surface area contributed by atoms with E-state index in [1.807, 2.05) is 24.3 Å². The van der Waals surface area contributed by atoms with Gasteiger partial charge in [0.15, 0.2) is 17.6 Å². The molecule has 1 aromatic heterocycles. The van der Waals surface area contributed by atoms with Gasteiger partial charge in [-0.15, -0.1) is 0 Å². The Labute approximate surface area is 155 Å². The fraction of sp³-hybridized carbons (Fsp3) is 0.200. The maximum absolute atomic E-state index is 13.2. The molecule has 0 spiro atoms. The number of nitrogens with zero attached hydrogens (tertiary/aromatic N) is 2. The number of H-pyrrole nitrogens is 1. The van der Waals surface area contributed by atoms with Crippen LogP contribution in [0.2, 0.25) is 0 Å². The summed E-state index contributed by atoms with van der Waals surface area (Å²) in [4.78, 5) is 14.5. The number of para-hydroxylation sites is 2. The molecular formula is C20H18FN3O3. The van der Waals surface area contributed by atoms with Crippen LogP contribution >= 0.6 is 0 Å². The van der Waals surface area contributed by atoms with Gasteiger partial charge in [0.05, 0.1) is 24.0 Å². The van der Waals surface area contributed by atoms with E-state index in [0.29, 0.717) is 41.5 Å². The molecule has 1 N–H and O–H groups in total. The van der Waals surface area contributed by atoms with Gasteiger partial charge in [-0.2, -0.15) is 5.10 Å². The summed E-state index contributed by atoms with van der Waals surface area (Å²) in [6.07, 6.45) is 1.21. The fourth-order valence-electron chi connectivity index (χ4n) is 3.03. The Morgan fingerprint density at radius 2 is 1.96 bits per heavy atom. The van der Waals surface area contributed by atoms with E-state index in [-0.39, 0.29) is 17.8 Å². The highest BCUT2D eigenvalue weighted by atomic mass is 19.1. The van der Waals surface area contributed by atoms with Crippen LogP contribution < -0.4 is 9.47 Å². The molecule has 1 aliphatic heterocycles. The van der Waals surface area contributed by atoms with Crippen molar-refractivity contribution >= 4 is 5.91 Å². The van der Waals surface area contributed by atoms with E-state index < -0.39 is 0 Å². The number of carbonyl (C=O) groups excluding carboxylic acids is 1. The van der Waals surface area contributed by atoms with E-state index in [9.17, 15) is 9.18 Å². The van der Waals surface area contributed by atoms with Crippen LogP contribution in [-0.2, 0) is 0 Å². The van der Waals surface area contributed by atoms with Gasteiger partial charge in [-0.05, 0) is 36.4 Å². The monoisotopic (exact) mass is 367 g/mol. The third kappa shape index (κ3) is 3.48. The van der Waals surface area contributed by atoms with Crippen molar-refractivity contribution in [3.8, 4) is 22.8 Å². The average molecular weight is 367 g/mol. The van der Waals surface area contributed by atoms with Crippen molar-refractivity contribution in [2.24, 2.45) is 0 Å². The van der Waals surface area contributed by atoms with Gasteiger partial charge < -0.3 is 14.4 Å². The number of nitrogens with one attached hydrogen (secondary N) is 1. The summed E-state index contributed by atoms with van der Waals surface area (Å²) in [6, 6.07) is 13.3. The molecule has 0 saturated heterocycles. The van der Waals surface area contributed by atoms with Gasteiger partial charge in [-0.25, -0.2) is 4.39 Å². The molecular weight excluding hydrogens is 349 g/mol. The van der Waals surface area contributed by atoms with Gasteiger partial charge in [0.25, 0.3) is 5.91 Å². The normalized spacial score (nSPS) is 15.4. The molecule has 1 atom stereocenters. The third-order valence-electron chi connectivity index (χ3n) is 4.39. The van der Waals surface area contributed by atoms with Crippen LogP contribution in [0.4, 0.5) is 4.39 Å². The first-order chi connectivity index (χ1) is 13.1. The first-order valence-electron chi connectivity index (χ1n) is 8.55. The molecule has 2 heterocycles. The van der Waals surface area contributed by atoms with Crippen molar-refractivity contribution < 1.29 is 18.7 Å². The van der Waals surface area contributed by atoms with Crippen LogP contribution in [0.1, 0.15) is 10.4 Å². The zero-order valence-electron chi connectivity index (χ0n) is 14.7. The summed E-state index contributed by atoms with van der Waals surface area (Å²) < 4.78 is 24.8. The largest absolute Gasteiger partial charge is 0.486 e. The molecule has 3 aromatic rings. The zero-order valence-corrected chi connectivity index (χ0v) is 14.7. The van der Waals surface area contributed by atoms with E-state index >= 15 is 0 Å². The number of hydrogen-bond donors (Lipinski definition) is 1. The fourth-order valence-corrected chi connectivity index (χ4v) is 3.03. The summed E-state index contributed by atoms with van der Waals surface area (Å²) in [6.45, 7) is 0.728. The van der Waals surface area contributed by atoms with E-state index in [4.69, 9.17) is 9.47 Å². The van der Waals surface area contributed by atoms with Gasteiger partial charge in [-0.1, -0.05) is 12.1 Å². The second-order valence-corrected chi connectivity index (χ2v) is 6.35. The number of likely N-dealkylation sites (N-methyl/N-ethyl adjacent to an activating group) is 1. The summed E-state index contributed by atoms with van der Waals surface area (Å²) in [7, 11) is 1.70. The number of halogens is 1. The third-order valence-corrected chi connectivity index (χ3v) is 4.39. The van der Waals surface area contributed by atoms with Crippen LogP contribution in [0.25, 0.3) is 11.3 Å². The molecule has 0 saturated carbocycles. The Balaban J connectivity index is 1.48. The number of aromatic nitrogens is 2. The summed E-state index contributed by atoms with van der Waals surface area (Å²) in [5.74, 6) is 0.838. The van der Waals surface area contributed by atoms with E-state index in [2.05, 4.69) is 10.2 Å². The van der Waals surface area contributed by atoms with E-state index in [1.54, 1.807) is 24.1 Å². The SMILES string of the molecule is CN(CC1COc2ccccc2O1)C(=O)c1cn[nH]c1-c1ccc(F)cc1. The number of hydrogen-bond acceptors (Lipinski definition) is 4. The van der Waals surface area contributed by atoms with Crippen LogP contribution in [-0.4, -0.2) is 47.3 Å². The number of fused-ring (bicyclic) bond motifs is 1. The molecule has 0 aliphatic carbocycles. The Kier molecular flexibility index (Phi) is 4.50. The van der Waals surface area contributed by atoms with Crippen molar-refractivity contribution in [1.82, 2.24) is 15.1 Å². The van der Waals surface area contributed by atoms with Gasteiger partial charge in [0, 0.05) is 12.6 Å². The molecule has 1 aliphatic rings. The number of ether oxygens (including phenoxy) is 2. The summed E-state index contributed by atoms with van der Waals surface area (Å²) in [5.41, 5.74) is 1.66. The molecule has 1 amide bonds. The number of aromatic amines is 1. The number of benzene rings is 2. The minimum atomic E-state index is -0.335. The van der Waals surface area contributed by atoms with E-state index in [0.717, 1.165) is 0 Å². The predicted octanol–water partition coefficient (Wildman–Crippen LogP) is 3.13. The highest BCUT2D eigenvalue weighted by molar-refractivity contribution is 5.99. The maximum Gasteiger partial charge on any atom is 0.257 e. The summed E-state index contributed by atoms with van der Waals surface area (Å²) >= 11 is 0. The average Bonchev–Trinajstić information content (AvgIpc) is 3.17. The van der Waals surface area contributed by atoms with Gasteiger partial charge >= 0.3 is 0 Å². The van der Waals surface area contributed by atoms with Crippen molar-refractivity contribution in [2.45, 2.75) is 6.10 Å². The smallest absolute Gasteiger partial charge is 0.257 e. The molecule has 0 fully saturated rings. The van der Waals surface area contributed by atoms with Crippen molar-refractivity contribution in [1.29, 1.82) is 0 Å². The van der Waals surface area contributed by atoms with Gasteiger partial charge in [0.1, 0.15) is 12.4 Å². The molecule has 7 heteroatoms. The quantitative estimate of drug-likeness (QED) is 0.769. The molecule has 6 nitrogen and oxygen atoms in total. The molecule has 2 aromatic carbocycles. The standard InChI is InChI=1S/C20H18FN3O3/c1-24(11-15-12-26-17-4-2-3-5-18(17)27-15)20(25)16-10-22-23-19(16)13-6-8-14(21)9-7-13/h2-10,15H,11-12H2,1H3,(H,22,23). The molecule has 1 unspecified atom stereocenters. The lowest BCUT2D eigenvalue weighted by molar-refractivity contribution is 0.0521. The Morgan fingerprint density at radius 1 is 1.22 bits per heavy atom. The van der Waals surface area contributed by atoms with Gasteiger partial charge in [-0.3, -0.25) is 9.89 Å². The summed E-state index contributed by atoms with van der Waals surface area (Å²) in [5, 5.41) is 6.80. The maximum atomic E-state index is 13.2. The number of rotatable bonds is 4. The highest BCUT2D eigenvalue weighted by Gasteiger charge is 2.26. The Bertz CT molecular complexity index is 955. The highest BCUT2D eigenvalue weighted by Crippen LogP contribution is 2.31. The van der Waals surface area contributed by atoms with Crippen molar-refractivity contribution in [3.63, 3.8) is 0 Å². The van der Waals surface area contributed by atoms with Gasteiger partial charge in [0.2, 0.25) is 0 Å². The van der Waals surface area contributed by atoms with Crippen molar-refractivity contribution in [2.75, 3.05) is 20.2 Å². The topological polar surface area (TPSA) is 67.5 Å². The van der Waals surface area contributed by atoms with Crippen LogP contribution in [0, 0.1) is 5.82 Å². The Morgan fingerprint density at radius 3 is 2.74 bits per heavy atom. The van der Waals surface area contributed by atoms with Crippen LogP contribution in [0.3, 0.4) is 0 Å².